The number of nitrogens with zero attached hydrogens (tertiary/aromatic N) is 1. The van der Waals surface area contributed by atoms with E-state index in [2.05, 4.69) is 0 Å². The molecule has 0 saturated carbocycles. The molecule has 2 heteroatoms. The lowest BCUT2D eigenvalue weighted by atomic mass is 10.0. The van der Waals surface area contributed by atoms with Gasteiger partial charge in [-0.25, -0.2) is 0 Å². The average molecular weight is 144 g/mol. The molecular weight excluding hydrogens is 137 g/mol. The van der Waals surface area contributed by atoms with E-state index in [1.165, 1.54) is 6.92 Å². The van der Waals surface area contributed by atoms with Crippen molar-refractivity contribution in [2.24, 2.45) is 0 Å². The molecule has 0 aliphatic rings. The van der Waals surface area contributed by atoms with Crippen molar-refractivity contribution < 1.29 is 4.79 Å². The van der Waals surface area contributed by atoms with Crippen LogP contribution >= 0.6 is 0 Å². The molecule has 0 amide bonds. The Kier molecular flexibility index (Phi) is 2.03. The molecule has 0 heterocycles. The molecule has 0 unspecified atom stereocenters. The minimum atomic E-state index is 0.0227. The van der Waals surface area contributed by atoms with Crippen molar-refractivity contribution in [1.82, 2.24) is 0 Å². The van der Waals surface area contributed by atoms with Gasteiger partial charge in [-0.1, -0.05) is 12.1 Å². The van der Waals surface area contributed by atoms with Crippen LogP contribution in [0.15, 0.2) is 24.3 Å². The van der Waals surface area contributed by atoms with Gasteiger partial charge in [0.25, 0.3) is 0 Å². The molecule has 0 N–H and O–H groups in total. The largest absolute Gasteiger partial charge is 0.295 e. The van der Waals surface area contributed by atoms with Crippen LogP contribution in [0.4, 0.5) is 0 Å². The van der Waals surface area contributed by atoms with E-state index in [4.69, 9.17) is 5.26 Å². The average Bonchev–Trinajstić information content (AvgIpc) is 2.05. The molecule has 11 heavy (non-hydrogen) atoms. The van der Waals surface area contributed by atoms with Crippen LogP contribution in [-0.4, -0.2) is 5.78 Å². The minimum absolute atomic E-state index is 0.0227. The maximum absolute atomic E-state index is 10.8. The van der Waals surface area contributed by atoms with Crippen LogP contribution in [0.5, 0.6) is 0 Å². The minimum Gasteiger partial charge on any atom is -0.295 e. The molecule has 0 radical (unpaired) electrons. The fraction of sp³-hybridized carbons (Fsp3) is 0.111. The van der Waals surface area contributed by atoms with E-state index in [0.29, 0.717) is 11.1 Å². The molecule has 1 aromatic carbocycles. The molecule has 0 aliphatic heterocycles. The number of ketones is 1. The van der Waals surface area contributed by atoms with Gasteiger partial charge in [-0.05, 0) is 19.1 Å². The fourth-order valence-electron chi connectivity index (χ4n) is 0.779. The van der Waals surface area contributed by atoms with E-state index in [9.17, 15) is 4.79 Å². The number of carbonyl (C=O) groups is 1. The Hall–Kier alpha value is -1.62. The summed E-state index contributed by atoms with van der Waals surface area (Å²) in [5.41, 5.74) is 1.22. The lowest BCUT2D eigenvalue weighted by Crippen LogP contribution is -1.90. The first-order valence-corrected chi connectivity index (χ1v) is 3.25. The van der Waals surface area contributed by atoms with E-state index >= 15 is 0 Å². The molecule has 0 atom stereocenters. The third-order valence-corrected chi connectivity index (χ3v) is 1.42. The number of carbonyl (C=O) groups excluding carboxylic acids is 1. The Morgan fingerprint density at radius 1 is 1.36 bits per heavy atom. The van der Waals surface area contributed by atoms with Gasteiger partial charge in [-0.15, -0.1) is 0 Å². The highest BCUT2D eigenvalue weighted by Crippen LogP contribution is 2.03. The summed E-state index contributed by atoms with van der Waals surface area (Å²) in [5.74, 6) is 0.0227. The van der Waals surface area contributed by atoms with Crippen LogP contribution in [-0.2, 0) is 0 Å². The van der Waals surface area contributed by atoms with E-state index in [-0.39, 0.29) is 5.78 Å². The Morgan fingerprint density at radius 3 is 2.27 bits per heavy atom. The van der Waals surface area contributed by atoms with E-state index in [0.717, 1.165) is 0 Å². The summed E-state index contributed by atoms with van der Waals surface area (Å²) in [6, 6.07) is 8.56. The van der Waals surface area contributed by atoms with Gasteiger partial charge in [0.1, 0.15) is 0 Å². The molecule has 0 fully saturated rings. The zero-order valence-corrected chi connectivity index (χ0v) is 6.16. The summed E-state index contributed by atoms with van der Waals surface area (Å²) >= 11 is 0. The van der Waals surface area contributed by atoms with Gasteiger partial charge < -0.3 is 0 Å². The van der Waals surface area contributed by atoms with Gasteiger partial charge in [-0.2, -0.15) is 5.26 Å². The summed E-state index contributed by atoms with van der Waals surface area (Å²) in [5, 5.41) is 8.43. The summed E-state index contributed by atoms with van der Waals surface area (Å²) < 4.78 is 0. The molecular formula is C9H7NO. The molecule has 54 valence electrons. The van der Waals surface area contributed by atoms with Gasteiger partial charge in [0, 0.05) is 5.56 Å². The van der Waals surface area contributed by atoms with E-state index < -0.39 is 0 Å². The highest BCUT2D eigenvalue weighted by Gasteiger charge is 1.96. The number of Topliss-reactive ketones (excluding diaryl/α,β-unsaturated/α-hetero) is 1. The van der Waals surface area contributed by atoms with Crippen molar-refractivity contribution in [2.75, 3.05) is 0 Å². The van der Waals surface area contributed by atoms with Crippen LogP contribution in [0.3, 0.4) is 0 Å². The van der Waals surface area contributed by atoms with Crippen molar-refractivity contribution in [1.29, 1.82) is 5.26 Å². The van der Waals surface area contributed by atoms with Gasteiger partial charge in [-0.3, -0.25) is 4.79 Å². The molecule has 0 aromatic heterocycles. The SMILES string of the molecule is [11CH3]C(=O)c1ccc(C#N)cc1. The summed E-state index contributed by atoms with van der Waals surface area (Å²) in [4.78, 5) is 10.8. The lowest BCUT2D eigenvalue weighted by Gasteiger charge is -1.92. The Bertz CT molecular complexity index is 305. The predicted octanol–water partition coefficient (Wildman–Crippen LogP) is 1.76. The maximum Gasteiger partial charge on any atom is 0.159 e. The van der Waals surface area contributed by atoms with E-state index in [1.54, 1.807) is 24.3 Å². The molecule has 0 saturated heterocycles. The quantitative estimate of drug-likeness (QED) is 0.563. The summed E-state index contributed by atoms with van der Waals surface area (Å²) in [6.45, 7) is 1.50. The second-order valence-electron chi connectivity index (χ2n) is 2.25. The second-order valence-corrected chi connectivity index (χ2v) is 2.25. The number of hydrogen-bond donors (Lipinski definition) is 0. The first-order valence-electron chi connectivity index (χ1n) is 3.25. The first kappa shape index (κ1) is 7.49. The van der Waals surface area contributed by atoms with Gasteiger partial charge in [0.15, 0.2) is 5.78 Å². The molecule has 2 nitrogen and oxygen atoms in total. The van der Waals surface area contributed by atoms with Gasteiger partial charge in [0.2, 0.25) is 0 Å². The van der Waals surface area contributed by atoms with Crippen LogP contribution in [0.1, 0.15) is 22.8 Å². The van der Waals surface area contributed by atoms with Crippen LogP contribution in [0, 0.1) is 11.3 Å². The lowest BCUT2D eigenvalue weighted by molar-refractivity contribution is 0.101. The standard InChI is InChI=1S/C9H7NO/c1-7(11)9-4-2-8(6-10)3-5-9/h2-5H,1H3/i1-1. The number of hydrogen-bond acceptors (Lipinski definition) is 2. The maximum atomic E-state index is 10.8. The monoisotopic (exact) mass is 144 g/mol. The fourth-order valence-corrected chi connectivity index (χ4v) is 0.779. The molecule has 0 bridgehead atoms. The zero-order valence-electron chi connectivity index (χ0n) is 6.16. The topological polar surface area (TPSA) is 40.9 Å². The third-order valence-electron chi connectivity index (χ3n) is 1.42. The Balaban J connectivity index is 3.03. The Morgan fingerprint density at radius 2 is 1.91 bits per heavy atom. The molecule has 0 spiro atoms. The smallest absolute Gasteiger partial charge is 0.159 e. The molecule has 1 rings (SSSR count). The predicted molar refractivity (Wildman–Crippen MR) is 41.2 cm³/mol. The highest BCUT2D eigenvalue weighted by molar-refractivity contribution is 5.94. The molecule has 0 aliphatic carbocycles. The summed E-state index contributed by atoms with van der Waals surface area (Å²) in [6.07, 6.45) is 0. The Labute approximate surface area is 65.1 Å². The van der Waals surface area contributed by atoms with Gasteiger partial charge in [0.05, 0.1) is 11.6 Å². The van der Waals surface area contributed by atoms with Gasteiger partial charge >= 0.3 is 0 Å². The van der Waals surface area contributed by atoms with Crippen molar-refractivity contribution in [3.05, 3.63) is 35.4 Å². The van der Waals surface area contributed by atoms with Crippen LogP contribution in [0.2, 0.25) is 0 Å². The van der Waals surface area contributed by atoms with Crippen molar-refractivity contribution in [3.8, 4) is 6.07 Å². The summed E-state index contributed by atoms with van der Waals surface area (Å²) in [7, 11) is 0. The number of benzene rings is 1. The first-order chi connectivity index (χ1) is 5.24. The van der Waals surface area contributed by atoms with Crippen molar-refractivity contribution in [3.63, 3.8) is 0 Å². The third kappa shape index (κ3) is 1.65. The second kappa shape index (κ2) is 2.98. The van der Waals surface area contributed by atoms with E-state index in [1.807, 2.05) is 6.07 Å². The van der Waals surface area contributed by atoms with Crippen LogP contribution in [0.25, 0.3) is 0 Å². The molecule has 1 aromatic rings. The number of rotatable bonds is 1. The van der Waals surface area contributed by atoms with Crippen LogP contribution < -0.4 is 0 Å². The zero-order chi connectivity index (χ0) is 8.27. The number of nitriles is 1. The normalized spacial score (nSPS) is 8.73. The van der Waals surface area contributed by atoms with Crippen molar-refractivity contribution >= 4 is 5.78 Å². The van der Waals surface area contributed by atoms with Crippen molar-refractivity contribution in [2.45, 2.75) is 6.92 Å². The highest BCUT2D eigenvalue weighted by atomic mass is 16.1.